The minimum atomic E-state index is -0.448. The first kappa shape index (κ1) is 13.5. The molecular weight excluding hydrogens is 252 g/mol. The highest BCUT2D eigenvalue weighted by atomic mass is 32.2. The molecule has 1 heterocycles. The first-order valence-electron chi connectivity index (χ1n) is 5.99. The van der Waals surface area contributed by atoms with Crippen LogP contribution in [0.5, 0.6) is 11.5 Å². The topological polar surface area (TPSA) is 47.9 Å². The molecule has 0 bridgehead atoms. The lowest BCUT2D eigenvalue weighted by molar-refractivity contribution is 0.0794. The largest absolute Gasteiger partial charge is 0.490 e. The van der Waals surface area contributed by atoms with Crippen molar-refractivity contribution in [2.45, 2.75) is 17.4 Å². The van der Waals surface area contributed by atoms with Gasteiger partial charge in [-0.2, -0.15) is 0 Å². The van der Waals surface area contributed by atoms with Gasteiger partial charge in [0.1, 0.15) is 0 Å². The molecule has 0 aromatic heterocycles. The maximum Gasteiger partial charge on any atom is 0.162 e. The molecule has 1 aliphatic rings. The molecule has 0 amide bonds. The van der Waals surface area contributed by atoms with Crippen LogP contribution in [-0.4, -0.2) is 43.9 Å². The van der Waals surface area contributed by atoms with Gasteiger partial charge >= 0.3 is 0 Å². The van der Waals surface area contributed by atoms with Gasteiger partial charge in [-0.1, -0.05) is 0 Å². The van der Waals surface area contributed by atoms with Gasteiger partial charge in [0.25, 0.3) is 0 Å². The molecule has 0 radical (unpaired) electrons. The Kier molecular flexibility index (Phi) is 5.16. The fourth-order valence-electron chi connectivity index (χ4n) is 1.67. The summed E-state index contributed by atoms with van der Waals surface area (Å²) in [7, 11) is 1.58. The van der Waals surface area contributed by atoms with E-state index in [-0.39, 0.29) is 0 Å². The molecule has 1 atom stereocenters. The molecule has 0 saturated heterocycles. The van der Waals surface area contributed by atoms with Crippen LogP contribution in [0.4, 0.5) is 0 Å². The van der Waals surface area contributed by atoms with Gasteiger partial charge in [0.2, 0.25) is 0 Å². The Morgan fingerprint density at radius 1 is 1.33 bits per heavy atom. The first-order chi connectivity index (χ1) is 8.79. The second-order valence-corrected chi connectivity index (χ2v) is 5.17. The van der Waals surface area contributed by atoms with Gasteiger partial charge in [-0.05, 0) is 18.2 Å². The van der Waals surface area contributed by atoms with Crippen molar-refractivity contribution in [3.8, 4) is 11.5 Å². The fourth-order valence-corrected chi connectivity index (χ4v) is 2.50. The Bertz CT molecular complexity index is 383. The Hall–Kier alpha value is -0.910. The number of benzene rings is 1. The first-order valence-corrected chi connectivity index (χ1v) is 6.97. The molecule has 0 saturated carbocycles. The lowest BCUT2D eigenvalue weighted by atomic mass is 10.3. The van der Waals surface area contributed by atoms with Gasteiger partial charge < -0.3 is 19.3 Å². The molecule has 18 heavy (non-hydrogen) atoms. The quantitative estimate of drug-likeness (QED) is 0.829. The Morgan fingerprint density at radius 2 is 2.11 bits per heavy atom. The van der Waals surface area contributed by atoms with Crippen LogP contribution in [0.2, 0.25) is 0 Å². The minimum absolute atomic E-state index is 0.359. The zero-order valence-electron chi connectivity index (χ0n) is 10.4. The van der Waals surface area contributed by atoms with Crippen LogP contribution in [0.3, 0.4) is 0 Å². The van der Waals surface area contributed by atoms with E-state index >= 15 is 0 Å². The third-order valence-corrected chi connectivity index (χ3v) is 3.66. The number of hydrogen-bond acceptors (Lipinski definition) is 5. The maximum absolute atomic E-state index is 9.59. The van der Waals surface area contributed by atoms with Crippen molar-refractivity contribution < 1.29 is 19.3 Å². The van der Waals surface area contributed by atoms with Crippen molar-refractivity contribution in [1.82, 2.24) is 0 Å². The van der Waals surface area contributed by atoms with E-state index < -0.39 is 6.10 Å². The zero-order chi connectivity index (χ0) is 12.8. The SMILES string of the molecule is COCC(O)CSc1ccc2c(c1)OCCCO2. The molecule has 1 unspecified atom stereocenters. The summed E-state index contributed by atoms with van der Waals surface area (Å²) in [6.45, 7) is 1.75. The summed E-state index contributed by atoms with van der Waals surface area (Å²) in [6, 6.07) is 5.87. The highest BCUT2D eigenvalue weighted by molar-refractivity contribution is 7.99. The lowest BCUT2D eigenvalue weighted by Crippen LogP contribution is -2.16. The average Bonchev–Trinajstić information content (AvgIpc) is 2.61. The van der Waals surface area contributed by atoms with Gasteiger partial charge in [-0.15, -0.1) is 11.8 Å². The molecule has 4 nitrogen and oxygen atoms in total. The zero-order valence-corrected chi connectivity index (χ0v) is 11.2. The third kappa shape index (κ3) is 3.80. The predicted molar refractivity (Wildman–Crippen MR) is 70.7 cm³/mol. The summed E-state index contributed by atoms with van der Waals surface area (Å²) in [6.07, 6.45) is 0.458. The molecule has 100 valence electrons. The van der Waals surface area contributed by atoms with E-state index in [0.29, 0.717) is 25.6 Å². The number of ether oxygens (including phenoxy) is 3. The summed E-state index contributed by atoms with van der Waals surface area (Å²) in [5.74, 6) is 2.20. The standard InChI is InChI=1S/C13H18O4S/c1-15-8-10(14)9-18-11-3-4-12-13(7-11)17-6-2-5-16-12/h3-4,7,10,14H,2,5-6,8-9H2,1H3. The highest BCUT2D eigenvalue weighted by Gasteiger charge is 2.11. The number of rotatable bonds is 5. The van der Waals surface area contributed by atoms with Crippen LogP contribution in [0, 0.1) is 0 Å². The normalized spacial score (nSPS) is 16.1. The monoisotopic (exact) mass is 270 g/mol. The number of aliphatic hydroxyl groups is 1. The van der Waals surface area contributed by atoms with Gasteiger partial charge in [0, 0.05) is 24.2 Å². The summed E-state index contributed by atoms with van der Waals surface area (Å²) < 4.78 is 16.1. The second-order valence-electron chi connectivity index (χ2n) is 4.08. The fraction of sp³-hybridized carbons (Fsp3) is 0.538. The van der Waals surface area contributed by atoms with E-state index in [1.807, 2.05) is 18.2 Å². The molecule has 0 aliphatic carbocycles. The molecule has 1 N–H and O–H groups in total. The summed E-state index contributed by atoms with van der Waals surface area (Å²) in [5.41, 5.74) is 0. The summed E-state index contributed by atoms with van der Waals surface area (Å²) >= 11 is 1.58. The molecule has 1 aliphatic heterocycles. The summed E-state index contributed by atoms with van der Waals surface area (Å²) in [5, 5.41) is 9.59. The molecule has 0 spiro atoms. The highest BCUT2D eigenvalue weighted by Crippen LogP contribution is 2.33. The van der Waals surface area contributed by atoms with Crippen LogP contribution in [-0.2, 0) is 4.74 Å². The third-order valence-electron chi connectivity index (χ3n) is 2.52. The van der Waals surface area contributed by atoms with Crippen LogP contribution >= 0.6 is 11.8 Å². The molecule has 0 fully saturated rings. The molecule has 2 rings (SSSR count). The van der Waals surface area contributed by atoms with Crippen molar-refractivity contribution in [1.29, 1.82) is 0 Å². The van der Waals surface area contributed by atoms with Crippen molar-refractivity contribution in [3.05, 3.63) is 18.2 Å². The van der Waals surface area contributed by atoms with Crippen molar-refractivity contribution in [2.24, 2.45) is 0 Å². The van der Waals surface area contributed by atoms with Crippen molar-refractivity contribution in [3.63, 3.8) is 0 Å². The number of thioether (sulfide) groups is 1. The average molecular weight is 270 g/mol. The Balaban J connectivity index is 1.95. The van der Waals surface area contributed by atoms with Gasteiger partial charge in [-0.3, -0.25) is 0 Å². The van der Waals surface area contributed by atoms with E-state index in [1.54, 1.807) is 18.9 Å². The second kappa shape index (κ2) is 6.87. The molecule has 5 heteroatoms. The summed E-state index contributed by atoms with van der Waals surface area (Å²) in [4.78, 5) is 1.06. The molecule has 1 aromatic rings. The number of hydrogen-bond donors (Lipinski definition) is 1. The van der Waals surface area contributed by atoms with Crippen molar-refractivity contribution >= 4 is 11.8 Å². The van der Waals surface area contributed by atoms with Gasteiger partial charge in [-0.25, -0.2) is 0 Å². The van der Waals surface area contributed by atoms with Gasteiger partial charge in [0.15, 0.2) is 11.5 Å². The minimum Gasteiger partial charge on any atom is -0.490 e. The van der Waals surface area contributed by atoms with E-state index in [4.69, 9.17) is 14.2 Å². The maximum atomic E-state index is 9.59. The van der Waals surface area contributed by atoms with Crippen molar-refractivity contribution in [2.75, 3.05) is 32.7 Å². The van der Waals surface area contributed by atoms with Crippen LogP contribution in [0.1, 0.15) is 6.42 Å². The van der Waals surface area contributed by atoms with E-state index in [2.05, 4.69) is 0 Å². The van der Waals surface area contributed by atoms with E-state index in [0.717, 1.165) is 22.8 Å². The predicted octanol–water partition coefficient (Wildman–Crippen LogP) is 1.95. The molecule has 1 aromatic carbocycles. The number of methoxy groups -OCH3 is 1. The Morgan fingerprint density at radius 3 is 2.89 bits per heavy atom. The Labute approximate surface area is 111 Å². The lowest BCUT2D eigenvalue weighted by Gasteiger charge is -2.11. The smallest absolute Gasteiger partial charge is 0.162 e. The van der Waals surface area contributed by atoms with Gasteiger partial charge in [0.05, 0.1) is 25.9 Å². The van der Waals surface area contributed by atoms with Crippen LogP contribution in [0.15, 0.2) is 23.1 Å². The van der Waals surface area contributed by atoms with Crippen LogP contribution < -0.4 is 9.47 Å². The van der Waals surface area contributed by atoms with E-state index in [9.17, 15) is 5.11 Å². The number of aliphatic hydroxyl groups excluding tert-OH is 1. The van der Waals surface area contributed by atoms with E-state index in [1.165, 1.54) is 0 Å². The number of fused-ring (bicyclic) bond motifs is 1. The van der Waals surface area contributed by atoms with Crippen LogP contribution in [0.25, 0.3) is 0 Å². The molecular formula is C13H18O4S.